The number of hydrogen-bond donors (Lipinski definition) is 3. The molecular weight excluding hydrogens is 287 g/mol. The maximum atomic E-state index is 13.0. The SMILES string of the molecule is COc1cccc(C(O)CNC(=O)Nc2cccc(F)c2)c1. The summed E-state index contributed by atoms with van der Waals surface area (Å²) in [5, 5.41) is 15.1. The third-order valence-corrected chi connectivity index (χ3v) is 3.02. The summed E-state index contributed by atoms with van der Waals surface area (Å²) in [5.74, 6) is 0.190. The monoisotopic (exact) mass is 304 g/mol. The Morgan fingerprint density at radius 3 is 2.77 bits per heavy atom. The summed E-state index contributed by atoms with van der Waals surface area (Å²) in [6, 6.07) is 12.0. The Kier molecular flexibility index (Phi) is 5.32. The Hall–Kier alpha value is -2.60. The van der Waals surface area contributed by atoms with E-state index in [2.05, 4.69) is 10.6 Å². The van der Waals surface area contributed by atoms with Gasteiger partial charge in [-0.25, -0.2) is 9.18 Å². The van der Waals surface area contributed by atoms with E-state index in [1.54, 1.807) is 30.3 Å². The van der Waals surface area contributed by atoms with E-state index in [4.69, 9.17) is 4.74 Å². The molecule has 0 saturated heterocycles. The molecule has 116 valence electrons. The van der Waals surface area contributed by atoms with Crippen LogP contribution in [0.1, 0.15) is 11.7 Å². The van der Waals surface area contributed by atoms with Crippen LogP contribution in [-0.2, 0) is 0 Å². The van der Waals surface area contributed by atoms with Gasteiger partial charge in [0.25, 0.3) is 0 Å². The molecule has 1 unspecified atom stereocenters. The van der Waals surface area contributed by atoms with E-state index in [1.165, 1.54) is 25.3 Å². The van der Waals surface area contributed by atoms with Crippen molar-refractivity contribution in [1.82, 2.24) is 5.32 Å². The highest BCUT2D eigenvalue weighted by Crippen LogP contribution is 2.18. The molecule has 2 amide bonds. The van der Waals surface area contributed by atoms with E-state index in [1.807, 2.05) is 0 Å². The Morgan fingerprint density at radius 1 is 1.27 bits per heavy atom. The van der Waals surface area contributed by atoms with Gasteiger partial charge in [0, 0.05) is 12.2 Å². The zero-order valence-electron chi connectivity index (χ0n) is 12.0. The van der Waals surface area contributed by atoms with Crippen molar-refractivity contribution in [2.45, 2.75) is 6.10 Å². The molecule has 3 N–H and O–H groups in total. The Labute approximate surface area is 127 Å². The number of rotatable bonds is 5. The van der Waals surface area contributed by atoms with E-state index >= 15 is 0 Å². The number of methoxy groups -OCH3 is 1. The van der Waals surface area contributed by atoms with Gasteiger partial charge >= 0.3 is 6.03 Å². The van der Waals surface area contributed by atoms with Crippen LogP contribution in [0.25, 0.3) is 0 Å². The first-order valence-electron chi connectivity index (χ1n) is 6.71. The number of carbonyl (C=O) groups is 1. The predicted octanol–water partition coefficient (Wildman–Crippen LogP) is 2.69. The lowest BCUT2D eigenvalue weighted by molar-refractivity contribution is 0.175. The molecule has 0 aliphatic rings. The topological polar surface area (TPSA) is 70.6 Å². The van der Waals surface area contributed by atoms with E-state index in [0.29, 0.717) is 17.0 Å². The van der Waals surface area contributed by atoms with Crippen molar-refractivity contribution in [2.75, 3.05) is 19.0 Å². The van der Waals surface area contributed by atoms with Crippen molar-refractivity contribution in [1.29, 1.82) is 0 Å². The molecule has 2 aromatic carbocycles. The zero-order chi connectivity index (χ0) is 15.9. The minimum Gasteiger partial charge on any atom is -0.497 e. The number of hydrogen-bond acceptors (Lipinski definition) is 3. The number of aliphatic hydroxyl groups is 1. The third kappa shape index (κ3) is 4.46. The molecule has 6 heteroatoms. The van der Waals surface area contributed by atoms with Crippen LogP contribution in [0.5, 0.6) is 5.75 Å². The molecule has 5 nitrogen and oxygen atoms in total. The van der Waals surface area contributed by atoms with Gasteiger partial charge in [-0.1, -0.05) is 18.2 Å². The van der Waals surface area contributed by atoms with Gasteiger partial charge in [-0.2, -0.15) is 0 Å². The number of nitrogens with one attached hydrogen (secondary N) is 2. The fourth-order valence-corrected chi connectivity index (χ4v) is 1.90. The van der Waals surface area contributed by atoms with E-state index in [0.717, 1.165) is 0 Å². The van der Waals surface area contributed by atoms with Crippen LogP contribution in [-0.4, -0.2) is 24.8 Å². The number of carbonyl (C=O) groups excluding carboxylic acids is 1. The van der Waals surface area contributed by atoms with Crippen molar-refractivity contribution in [3.05, 3.63) is 59.9 Å². The first-order valence-corrected chi connectivity index (χ1v) is 6.71. The van der Waals surface area contributed by atoms with Gasteiger partial charge < -0.3 is 20.5 Å². The van der Waals surface area contributed by atoms with Crippen LogP contribution in [0.3, 0.4) is 0 Å². The van der Waals surface area contributed by atoms with Crippen LogP contribution >= 0.6 is 0 Å². The molecule has 0 aromatic heterocycles. The number of aliphatic hydroxyl groups excluding tert-OH is 1. The van der Waals surface area contributed by atoms with Crippen LogP contribution < -0.4 is 15.4 Å². The second-order valence-electron chi connectivity index (χ2n) is 4.64. The fraction of sp³-hybridized carbons (Fsp3) is 0.188. The van der Waals surface area contributed by atoms with Crippen LogP contribution in [0.2, 0.25) is 0 Å². The lowest BCUT2D eigenvalue weighted by Gasteiger charge is -2.14. The summed E-state index contributed by atoms with van der Waals surface area (Å²) >= 11 is 0. The van der Waals surface area contributed by atoms with Crippen molar-refractivity contribution in [2.24, 2.45) is 0 Å². The lowest BCUT2D eigenvalue weighted by Crippen LogP contribution is -2.32. The molecule has 0 spiro atoms. The normalized spacial score (nSPS) is 11.6. The van der Waals surface area contributed by atoms with Crippen molar-refractivity contribution < 1.29 is 19.0 Å². The van der Waals surface area contributed by atoms with Gasteiger partial charge in [0.1, 0.15) is 11.6 Å². The fourth-order valence-electron chi connectivity index (χ4n) is 1.90. The summed E-state index contributed by atoms with van der Waals surface area (Å²) in [5.41, 5.74) is 0.971. The summed E-state index contributed by atoms with van der Waals surface area (Å²) in [6.45, 7) is 0.0221. The Balaban J connectivity index is 1.87. The van der Waals surface area contributed by atoms with Gasteiger partial charge in [-0.15, -0.1) is 0 Å². The van der Waals surface area contributed by atoms with Crippen molar-refractivity contribution >= 4 is 11.7 Å². The molecule has 0 fully saturated rings. The van der Waals surface area contributed by atoms with Crippen molar-refractivity contribution in [3.8, 4) is 5.75 Å². The van der Waals surface area contributed by atoms with Gasteiger partial charge in [0.05, 0.1) is 13.2 Å². The molecule has 2 aromatic rings. The molecule has 0 aliphatic heterocycles. The number of ether oxygens (including phenoxy) is 1. The molecule has 0 saturated carbocycles. The smallest absolute Gasteiger partial charge is 0.319 e. The maximum Gasteiger partial charge on any atom is 0.319 e. The Bertz CT molecular complexity index is 649. The largest absolute Gasteiger partial charge is 0.497 e. The van der Waals surface area contributed by atoms with E-state index in [-0.39, 0.29) is 6.54 Å². The highest BCUT2D eigenvalue weighted by Gasteiger charge is 2.10. The first-order chi connectivity index (χ1) is 10.6. The molecule has 0 radical (unpaired) electrons. The highest BCUT2D eigenvalue weighted by molar-refractivity contribution is 5.89. The van der Waals surface area contributed by atoms with Crippen LogP contribution in [0.15, 0.2) is 48.5 Å². The summed E-state index contributed by atoms with van der Waals surface area (Å²) in [7, 11) is 1.54. The van der Waals surface area contributed by atoms with Gasteiger partial charge in [0.15, 0.2) is 0 Å². The average molecular weight is 304 g/mol. The van der Waals surface area contributed by atoms with E-state index in [9.17, 15) is 14.3 Å². The maximum absolute atomic E-state index is 13.0. The quantitative estimate of drug-likeness (QED) is 0.795. The number of urea groups is 1. The zero-order valence-corrected chi connectivity index (χ0v) is 12.0. The Morgan fingerprint density at radius 2 is 2.05 bits per heavy atom. The number of amides is 2. The van der Waals surface area contributed by atoms with Gasteiger partial charge in [0.2, 0.25) is 0 Å². The second-order valence-corrected chi connectivity index (χ2v) is 4.64. The molecule has 0 heterocycles. The summed E-state index contributed by atoms with van der Waals surface area (Å²) < 4.78 is 18.1. The molecule has 22 heavy (non-hydrogen) atoms. The summed E-state index contributed by atoms with van der Waals surface area (Å²) in [4.78, 5) is 11.7. The summed E-state index contributed by atoms with van der Waals surface area (Å²) in [6.07, 6.45) is -0.867. The third-order valence-electron chi connectivity index (χ3n) is 3.02. The van der Waals surface area contributed by atoms with Crippen LogP contribution in [0.4, 0.5) is 14.9 Å². The molecular formula is C16H17FN2O3. The minimum atomic E-state index is -0.867. The number of halogens is 1. The van der Waals surface area contributed by atoms with Crippen LogP contribution in [0, 0.1) is 5.82 Å². The first kappa shape index (κ1) is 15.8. The minimum absolute atomic E-state index is 0.0221. The standard InChI is InChI=1S/C16H17FN2O3/c1-22-14-7-2-4-11(8-14)15(20)10-18-16(21)19-13-6-3-5-12(17)9-13/h2-9,15,20H,10H2,1H3,(H2,18,19,21). The highest BCUT2D eigenvalue weighted by atomic mass is 19.1. The van der Waals surface area contributed by atoms with Gasteiger partial charge in [-0.05, 0) is 35.9 Å². The molecule has 0 bridgehead atoms. The van der Waals surface area contributed by atoms with Crippen molar-refractivity contribution in [3.63, 3.8) is 0 Å². The molecule has 2 rings (SSSR count). The molecule has 0 aliphatic carbocycles. The van der Waals surface area contributed by atoms with E-state index < -0.39 is 18.0 Å². The number of benzene rings is 2. The lowest BCUT2D eigenvalue weighted by atomic mass is 10.1. The number of anilines is 1. The average Bonchev–Trinajstić information content (AvgIpc) is 2.52. The van der Waals surface area contributed by atoms with Gasteiger partial charge in [-0.3, -0.25) is 0 Å². The second kappa shape index (κ2) is 7.42. The molecule has 1 atom stereocenters. The predicted molar refractivity (Wildman–Crippen MR) is 81.4 cm³/mol.